The number of hydrogen-bond acceptors (Lipinski definition) is 4. The lowest BCUT2D eigenvalue weighted by atomic mass is 9.71. The van der Waals surface area contributed by atoms with Gasteiger partial charge >= 0.3 is 0 Å². The van der Waals surface area contributed by atoms with Crippen LogP contribution in [0.25, 0.3) is 0 Å². The summed E-state index contributed by atoms with van der Waals surface area (Å²) in [6, 6.07) is 7.68. The van der Waals surface area contributed by atoms with Crippen molar-refractivity contribution in [1.29, 1.82) is 0 Å². The van der Waals surface area contributed by atoms with E-state index in [4.69, 9.17) is 4.42 Å². The molecule has 0 saturated carbocycles. The molecule has 1 amide bonds. The van der Waals surface area contributed by atoms with E-state index in [0.717, 1.165) is 62.6 Å². The molecule has 0 aromatic carbocycles. The fourth-order valence-electron chi connectivity index (χ4n) is 3.88. The van der Waals surface area contributed by atoms with E-state index in [1.54, 1.807) is 24.5 Å². The van der Waals surface area contributed by atoms with Crippen molar-refractivity contribution in [3.05, 3.63) is 53.7 Å². The van der Waals surface area contributed by atoms with Gasteiger partial charge in [0.1, 0.15) is 11.5 Å². The van der Waals surface area contributed by atoms with Crippen molar-refractivity contribution in [1.82, 2.24) is 14.8 Å². The van der Waals surface area contributed by atoms with Gasteiger partial charge < -0.3 is 9.32 Å². The van der Waals surface area contributed by atoms with Crippen LogP contribution in [0, 0.1) is 12.3 Å². The second kappa shape index (κ2) is 6.06. The van der Waals surface area contributed by atoms with Crippen LogP contribution >= 0.6 is 0 Å². The van der Waals surface area contributed by atoms with E-state index >= 15 is 0 Å². The van der Waals surface area contributed by atoms with Gasteiger partial charge in [0.25, 0.3) is 5.91 Å². The SMILES string of the molecule is Cc1ccc(CN2CCC3(CC2)CN(C(=O)c2ccncc2)C3)o1. The molecule has 4 rings (SSSR count). The van der Waals surface area contributed by atoms with Crippen molar-refractivity contribution >= 4 is 5.91 Å². The molecule has 4 heterocycles. The van der Waals surface area contributed by atoms with Gasteiger partial charge in [0, 0.05) is 36.5 Å². The predicted octanol–water partition coefficient (Wildman–Crippen LogP) is 2.72. The molecule has 0 atom stereocenters. The zero-order valence-electron chi connectivity index (χ0n) is 14.1. The molecule has 2 aromatic heterocycles. The first-order chi connectivity index (χ1) is 11.6. The Morgan fingerprint density at radius 1 is 1.17 bits per heavy atom. The second-order valence-electron chi connectivity index (χ2n) is 7.19. The van der Waals surface area contributed by atoms with Gasteiger partial charge in [0.05, 0.1) is 6.54 Å². The molecule has 1 spiro atoms. The van der Waals surface area contributed by atoms with Crippen LogP contribution in [0.4, 0.5) is 0 Å². The van der Waals surface area contributed by atoms with Crippen LogP contribution in [0.1, 0.15) is 34.7 Å². The Morgan fingerprint density at radius 2 is 1.88 bits per heavy atom. The molecule has 0 N–H and O–H groups in total. The number of carbonyl (C=O) groups is 1. The minimum atomic E-state index is 0.136. The highest BCUT2D eigenvalue weighted by molar-refractivity contribution is 5.94. The Kier molecular flexibility index (Phi) is 3.88. The maximum absolute atomic E-state index is 12.4. The van der Waals surface area contributed by atoms with Crippen molar-refractivity contribution in [2.75, 3.05) is 26.2 Å². The Morgan fingerprint density at radius 3 is 2.50 bits per heavy atom. The first-order valence-electron chi connectivity index (χ1n) is 8.61. The molecule has 126 valence electrons. The van der Waals surface area contributed by atoms with Gasteiger partial charge in [0.2, 0.25) is 0 Å². The molecule has 2 fully saturated rings. The summed E-state index contributed by atoms with van der Waals surface area (Å²) in [6.07, 6.45) is 5.68. The van der Waals surface area contributed by atoms with Crippen molar-refractivity contribution in [3.8, 4) is 0 Å². The average Bonchev–Trinajstić information content (AvgIpc) is 2.99. The molecule has 5 heteroatoms. The third-order valence-electron chi connectivity index (χ3n) is 5.36. The summed E-state index contributed by atoms with van der Waals surface area (Å²) in [5.41, 5.74) is 1.07. The molecule has 2 aliphatic heterocycles. The standard InChI is InChI=1S/C19H23N3O2/c1-15-2-3-17(24-15)12-21-10-6-19(7-11-21)13-22(14-19)18(23)16-4-8-20-9-5-16/h2-5,8-9H,6-7,10-14H2,1H3. The van der Waals surface area contributed by atoms with Gasteiger partial charge in [-0.1, -0.05) is 0 Å². The highest BCUT2D eigenvalue weighted by Gasteiger charge is 2.46. The first-order valence-corrected chi connectivity index (χ1v) is 8.61. The number of amides is 1. The number of nitrogens with zero attached hydrogens (tertiary/aromatic N) is 3. The van der Waals surface area contributed by atoms with Gasteiger partial charge in [0.15, 0.2) is 0 Å². The molecule has 0 aliphatic carbocycles. The van der Waals surface area contributed by atoms with Crippen LogP contribution in [0.5, 0.6) is 0 Å². The maximum atomic E-state index is 12.4. The smallest absolute Gasteiger partial charge is 0.254 e. The molecule has 2 saturated heterocycles. The van der Waals surface area contributed by atoms with E-state index in [1.165, 1.54) is 0 Å². The van der Waals surface area contributed by atoms with Crippen LogP contribution in [0.3, 0.4) is 0 Å². The number of likely N-dealkylation sites (tertiary alicyclic amines) is 2. The molecule has 5 nitrogen and oxygen atoms in total. The monoisotopic (exact) mass is 325 g/mol. The lowest BCUT2D eigenvalue weighted by Crippen LogP contribution is -2.61. The maximum Gasteiger partial charge on any atom is 0.254 e. The van der Waals surface area contributed by atoms with Crippen molar-refractivity contribution in [2.45, 2.75) is 26.3 Å². The van der Waals surface area contributed by atoms with Crippen LogP contribution in [0.15, 0.2) is 41.1 Å². The van der Waals surface area contributed by atoms with Gasteiger partial charge in [-0.2, -0.15) is 0 Å². The summed E-state index contributed by atoms with van der Waals surface area (Å²) < 4.78 is 5.68. The number of furan rings is 1. The minimum absolute atomic E-state index is 0.136. The minimum Gasteiger partial charge on any atom is -0.465 e. The number of hydrogen-bond donors (Lipinski definition) is 0. The highest BCUT2D eigenvalue weighted by Crippen LogP contribution is 2.41. The van der Waals surface area contributed by atoms with Crippen molar-refractivity contribution in [2.24, 2.45) is 5.41 Å². The van der Waals surface area contributed by atoms with Crippen LogP contribution in [0.2, 0.25) is 0 Å². The molecular formula is C19H23N3O2. The number of aromatic nitrogens is 1. The summed E-state index contributed by atoms with van der Waals surface area (Å²) >= 11 is 0. The van der Waals surface area contributed by atoms with E-state index < -0.39 is 0 Å². The third kappa shape index (κ3) is 2.96. The summed E-state index contributed by atoms with van der Waals surface area (Å²) in [6.45, 7) is 6.82. The number of pyridine rings is 1. The predicted molar refractivity (Wildman–Crippen MR) is 90.5 cm³/mol. The molecular weight excluding hydrogens is 302 g/mol. The van der Waals surface area contributed by atoms with Gasteiger partial charge in [-0.3, -0.25) is 14.7 Å². The van der Waals surface area contributed by atoms with Crippen LogP contribution in [-0.4, -0.2) is 46.9 Å². The Balaban J connectivity index is 1.29. The molecule has 24 heavy (non-hydrogen) atoms. The Bertz CT molecular complexity index is 709. The number of piperidine rings is 1. The second-order valence-corrected chi connectivity index (χ2v) is 7.19. The number of aryl methyl sites for hydroxylation is 1. The zero-order chi connectivity index (χ0) is 16.6. The third-order valence-corrected chi connectivity index (χ3v) is 5.36. The fourth-order valence-corrected chi connectivity index (χ4v) is 3.88. The molecule has 0 bridgehead atoms. The molecule has 0 radical (unpaired) electrons. The first kappa shape index (κ1) is 15.4. The fraction of sp³-hybridized carbons (Fsp3) is 0.474. The summed E-state index contributed by atoms with van der Waals surface area (Å²) in [4.78, 5) is 20.8. The summed E-state index contributed by atoms with van der Waals surface area (Å²) in [5, 5.41) is 0. The van der Waals surface area contributed by atoms with Gasteiger partial charge in [-0.15, -0.1) is 0 Å². The van der Waals surface area contributed by atoms with E-state index in [-0.39, 0.29) is 5.91 Å². The lowest BCUT2D eigenvalue weighted by Gasteiger charge is -2.54. The van der Waals surface area contributed by atoms with E-state index in [0.29, 0.717) is 5.41 Å². The number of rotatable bonds is 3. The normalized spacial score (nSPS) is 20.1. The van der Waals surface area contributed by atoms with Crippen molar-refractivity contribution < 1.29 is 9.21 Å². The Labute approximate surface area is 142 Å². The number of carbonyl (C=O) groups excluding carboxylic acids is 1. The van der Waals surface area contributed by atoms with Crippen LogP contribution in [-0.2, 0) is 6.54 Å². The summed E-state index contributed by atoms with van der Waals surface area (Å²) in [5.74, 6) is 2.16. The Hall–Kier alpha value is -2.14. The van der Waals surface area contributed by atoms with E-state index in [2.05, 4.69) is 16.0 Å². The highest BCUT2D eigenvalue weighted by atomic mass is 16.3. The quantitative estimate of drug-likeness (QED) is 0.871. The lowest BCUT2D eigenvalue weighted by molar-refractivity contribution is -0.0344. The largest absolute Gasteiger partial charge is 0.465 e. The topological polar surface area (TPSA) is 49.6 Å². The van der Waals surface area contributed by atoms with E-state index in [1.807, 2.05) is 17.9 Å². The van der Waals surface area contributed by atoms with Crippen molar-refractivity contribution in [3.63, 3.8) is 0 Å². The van der Waals surface area contributed by atoms with Crippen LogP contribution < -0.4 is 0 Å². The van der Waals surface area contributed by atoms with Gasteiger partial charge in [-0.05, 0) is 57.1 Å². The average molecular weight is 325 g/mol. The molecule has 0 unspecified atom stereocenters. The molecule has 2 aromatic rings. The van der Waals surface area contributed by atoms with E-state index in [9.17, 15) is 4.79 Å². The van der Waals surface area contributed by atoms with Gasteiger partial charge in [-0.25, -0.2) is 0 Å². The zero-order valence-corrected chi connectivity index (χ0v) is 14.1. The molecule has 2 aliphatic rings. The summed E-state index contributed by atoms with van der Waals surface area (Å²) in [7, 11) is 0.